The SMILES string of the molecule is O=C1CCC(n2nc(Br)c(Br)n2)N1CC#CI. The van der Waals surface area contributed by atoms with Crippen molar-refractivity contribution in [2.45, 2.75) is 19.0 Å². The Morgan fingerprint density at radius 1 is 1.41 bits per heavy atom. The quantitative estimate of drug-likeness (QED) is 0.489. The number of carbonyl (C=O) groups is 1. The van der Waals surface area contributed by atoms with Crippen LogP contribution in [0.15, 0.2) is 9.21 Å². The monoisotopic (exact) mass is 472 g/mol. The van der Waals surface area contributed by atoms with Gasteiger partial charge in [0.1, 0.15) is 6.17 Å². The smallest absolute Gasteiger partial charge is 0.225 e. The van der Waals surface area contributed by atoms with E-state index >= 15 is 0 Å². The lowest BCUT2D eigenvalue weighted by Crippen LogP contribution is -2.32. The maximum Gasteiger partial charge on any atom is 0.225 e. The van der Waals surface area contributed by atoms with Crippen LogP contribution < -0.4 is 0 Å². The van der Waals surface area contributed by atoms with E-state index in [1.807, 2.05) is 22.6 Å². The number of hydrogen-bond donors (Lipinski definition) is 0. The molecule has 1 aliphatic rings. The second kappa shape index (κ2) is 5.67. The number of rotatable bonds is 2. The van der Waals surface area contributed by atoms with E-state index in [1.54, 1.807) is 9.70 Å². The predicted molar refractivity (Wildman–Crippen MR) is 77.2 cm³/mol. The first-order chi connectivity index (χ1) is 8.13. The highest BCUT2D eigenvalue weighted by Crippen LogP contribution is 2.28. The fraction of sp³-hybridized carbons (Fsp3) is 0.444. The molecule has 1 unspecified atom stereocenters. The Labute approximate surface area is 129 Å². The van der Waals surface area contributed by atoms with Crippen LogP contribution in [0.25, 0.3) is 0 Å². The minimum absolute atomic E-state index is 0.0960. The zero-order valence-electron chi connectivity index (χ0n) is 8.53. The second-order valence-corrected chi connectivity index (χ2v) is 5.46. The lowest BCUT2D eigenvalue weighted by molar-refractivity contribution is -0.129. The van der Waals surface area contributed by atoms with E-state index in [0.717, 1.165) is 6.42 Å². The molecule has 1 saturated heterocycles. The molecular weight excluding hydrogens is 467 g/mol. The fourth-order valence-electron chi connectivity index (χ4n) is 1.69. The third-order valence-electron chi connectivity index (χ3n) is 2.43. The van der Waals surface area contributed by atoms with Gasteiger partial charge in [-0.2, -0.15) is 4.80 Å². The minimum atomic E-state index is -0.137. The molecule has 0 spiro atoms. The summed E-state index contributed by atoms with van der Waals surface area (Å²) >= 11 is 8.51. The molecule has 8 heteroatoms. The summed E-state index contributed by atoms with van der Waals surface area (Å²) in [5.41, 5.74) is 0. The highest BCUT2D eigenvalue weighted by atomic mass is 127. The Morgan fingerprint density at radius 3 is 2.65 bits per heavy atom. The van der Waals surface area contributed by atoms with Crippen LogP contribution in [0.5, 0.6) is 0 Å². The minimum Gasteiger partial charge on any atom is -0.307 e. The summed E-state index contributed by atoms with van der Waals surface area (Å²) in [5.74, 6) is 2.99. The Morgan fingerprint density at radius 2 is 2.06 bits per heavy atom. The van der Waals surface area contributed by atoms with Crippen LogP contribution in [-0.4, -0.2) is 32.3 Å². The van der Waals surface area contributed by atoms with Crippen LogP contribution in [-0.2, 0) is 4.79 Å². The molecule has 0 aliphatic carbocycles. The average molecular weight is 474 g/mol. The van der Waals surface area contributed by atoms with E-state index in [4.69, 9.17) is 0 Å². The van der Waals surface area contributed by atoms with Crippen molar-refractivity contribution < 1.29 is 4.79 Å². The highest BCUT2D eigenvalue weighted by molar-refractivity contribution is 14.1. The Balaban J connectivity index is 2.23. The van der Waals surface area contributed by atoms with E-state index in [-0.39, 0.29) is 12.1 Å². The normalized spacial score (nSPS) is 19.4. The van der Waals surface area contributed by atoms with Gasteiger partial charge < -0.3 is 4.90 Å². The molecule has 1 fully saturated rings. The number of amides is 1. The zero-order chi connectivity index (χ0) is 12.4. The summed E-state index contributed by atoms with van der Waals surface area (Å²) in [6, 6.07) is 0. The number of aromatic nitrogens is 3. The van der Waals surface area contributed by atoms with Gasteiger partial charge in [0.25, 0.3) is 0 Å². The van der Waals surface area contributed by atoms with Gasteiger partial charge in [-0.1, -0.05) is 5.92 Å². The van der Waals surface area contributed by atoms with Crippen LogP contribution in [0, 0.1) is 9.85 Å². The van der Waals surface area contributed by atoms with Crippen molar-refractivity contribution >= 4 is 60.4 Å². The number of carbonyl (C=O) groups excluding carboxylic acids is 1. The van der Waals surface area contributed by atoms with Gasteiger partial charge >= 0.3 is 0 Å². The molecule has 5 nitrogen and oxygen atoms in total. The first kappa shape index (κ1) is 13.3. The number of halogens is 3. The Hall–Kier alpha value is -0.140. The lowest BCUT2D eigenvalue weighted by atomic mass is 10.3. The molecule has 0 bridgehead atoms. The summed E-state index contributed by atoms with van der Waals surface area (Å²) < 4.78 is 4.03. The fourth-order valence-corrected chi connectivity index (χ4v) is 2.34. The summed E-state index contributed by atoms with van der Waals surface area (Å²) in [6.45, 7) is 0.420. The van der Waals surface area contributed by atoms with E-state index in [1.165, 1.54) is 0 Å². The van der Waals surface area contributed by atoms with Gasteiger partial charge in [0.05, 0.1) is 6.54 Å². The Bertz CT molecular complexity index is 487. The molecule has 1 aromatic rings. The summed E-state index contributed by atoms with van der Waals surface area (Å²) in [4.78, 5) is 15.0. The molecule has 2 heterocycles. The molecule has 17 heavy (non-hydrogen) atoms. The first-order valence-electron chi connectivity index (χ1n) is 4.79. The number of nitrogens with zero attached hydrogens (tertiary/aromatic N) is 4. The maximum atomic E-state index is 11.7. The molecule has 0 radical (unpaired) electrons. The van der Waals surface area contributed by atoms with E-state index in [2.05, 4.69) is 51.9 Å². The average Bonchev–Trinajstić information content (AvgIpc) is 2.81. The van der Waals surface area contributed by atoms with Crippen LogP contribution >= 0.6 is 54.5 Å². The van der Waals surface area contributed by atoms with Crippen molar-refractivity contribution in [3.8, 4) is 9.85 Å². The molecule has 0 aromatic carbocycles. The van der Waals surface area contributed by atoms with Gasteiger partial charge in [0, 0.05) is 29.0 Å². The van der Waals surface area contributed by atoms with Crippen molar-refractivity contribution in [1.29, 1.82) is 0 Å². The first-order valence-corrected chi connectivity index (χ1v) is 7.45. The predicted octanol–water partition coefficient (Wildman–Crippen LogP) is 2.32. The summed E-state index contributed by atoms with van der Waals surface area (Å²) in [5, 5.41) is 8.43. The molecule has 90 valence electrons. The number of hydrogen-bond acceptors (Lipinski definition) is 3. The van der Waals surface area contributed by atoms with E-state index in [9.17, 15) is 4.79 Å². The second-order valence-electron chi connectivity index (χ2n) is 3.41. The van der Waals surface area contributed by atoms with Gasteiger partial charge in [-0.15, -0.1) is 10.2 Å². The number of likely N-dealkylation sites (tertiary alicyclic amines) is 1. The molecule has 2 rings (SSSR count). The topological polar surface area (TPSA) is 51.0 Å². The van der Waals surface area contributed by atoms with Gasteiger partial charge in [0.15, 0.2) is 9.21 Å². The molecule has 0 N–H and O–H groups in total. The van der Waals surface area contributed by atoms with Crippen molar-refractivity contribution in [2.24, 2.45) is 0 Å². The van der Waals surface area contributed by atoms with Crippen LogP contribution in [0.2, 0.25) is 0 Å². The van der Waals surface area contributed by atoms with Crippen molar-refractivity contribution in [3.63, 3.8) is 0 Å². The third-order valence-corrected chi connectivity index (χ3v) is 4.41. The van der Waals surface area contributed by atoms with Crippen molar-refractivity contribution in [1.82, 2.24) is 19.9 Å². The van der Waals surface area contributed by atoms with Crippen molar-refractivity contribution in [2.75, 3.05) is 6.54 Å². The standard InChI is InChI=1S/C9H7Br2IN4O/c10-8-9(11)14-16(13-8)6-2-3-7(17)15(6)5-1-4-12/h6H,2-3,5H2. The van der Waals surface area contributed by atoms with Crippen LogP contribution in [0.4, 0.5) is 0 Å². The zero-order valence-corrected chi connectivity index (χ0v) is 13.9. The van der Waals surface area contributed by atoms with Gasteiger partial charge in [-0.25, -0.2) is 0 Å². The molecule has 1 amide bonds. The van der Waals surface area contributed by atoms with Gasteiger partial charge in [-0.05, 0) is 42.2 Å². The molecule has 1 aliphatic heterocycles. The van der Waals surface area contributed by atoms with Crippen LogP contribution in [0.3, 0.4) is 0 Å². The molecule has 1 atom stereocenters. The van der Waals surface area contributed by atoms with Gasteiger partial charge in [0.2, 0.25) is 5.91 Å². The molecule has 1 aromatic heterocycles. The lowest BCUT2D eigenvalue weighted by Gasteiger charge is -2.21. The van der Waals surface area contributed by atoms with Gasteiger partial charge in [-0.3, -0.25) is 4.79 Å². The van der Waals surface area contributed by atoms with E-state index < -0.39 is 0 Å². The highest BCUT2D eigenvalue weighted by Gasteiger charge is 2.33. The third kappa shape index (κ3) is 2.82. The Kier molecular flexibility index (Phi) is 4.43. The maximum absolute atomic E-state index is 11.7. The largest absolute Gasteiger partial charge is 0.307 e. The molecular formula is C9H7Br2IN4O. The van der Waals surface area contributed by atoms with Crippen molar-refractivity contribution in [3.05, 3.63) is 9.21 Å². The molecule has 0 saturated carbocycles. The summed E-state index contributed by atoms with van der Waals surface area (Å²) in [6.07, 6.45) is 1.10. The summed E-state index contributed by atoms with van der Waals surface area (Å²) in [7, 11) is 0. The van der Waals surface area contributed by atoms with E-state index in [0.29, 0.717) is 22.2 Å². The van der Waals surface area contributed by atoms with Crippen LogP contribution in [0.1, 0.15) is 19.0 Å².